The van der Waals surface area contributed by atoms with Crippen LogP contribution in [0.15, 0.2) is 59.2 Å². The molecule has 1 fully saturated rings. The molecule has 0 bridgehead atoms. The molecule has 4 aromatic rings. The zero-order valence-electron chi connectivity index (χ0n) is 21.3. The molecule has 1 aliphatic heterocycles. The third kappa shape index (κ3) is 4.46. The number of anilines is 2. The van der Waals surface area contributed by atoms with Crippen LogP contribution in [0.3, 0.4) is 0 Å². The number of carbonyl (C=O) groups is 1. The first-order valence-electron chi connectivity index (χ1n) is 12.2. The molecule has 0 spiro atoms. The van der Waals surface area contributed by atoms with Gasteiger partial charge >= 0.3 is 0 Å². The highest BCUT2D eigenvalue weighted by Crippen LogP contribution is 2.32. The van der Waals surface area contributed by atoms with E-state index in [2.05, 4.69) is 41.0 Å². The van der Waals surface area contributed by atoms with E-state index in [4.69, 9.17) is 4.42 Å². The number of benzene rings is 2. The van der Waals surface area contributed by atoms with Crippen molar-refractivity contribution in [3.8, 4) is 11.3 Å². The Kier molecular flexibility index (Phi) is 6.26. The van der Waals surface area contributed by atoms with Crippen molar-refractivity contribution >= 4 is 28.3 Å². The fourth-order valence-corrected chi connectivity index (χ4v) is 4.98. The van der Waals surface area contributed by atoms with Gasteiger partial charge in [0.05, 0.1) is 16.9 Å². The average molecular weight is 487 g/mol. The number of halogens is 1. The molecule has 36 heavy (non-hydrogen) atoms. The molecule has 3 heterocycles. The fourth-order valence-electron chi connectivity index (χ4n) is 4.98. The lowest BCUT2D eigenvalue weighted by atomic mass is 10.0. The molecule has 1 N–H and O–H groups in total. The molecular formula is C29H31FN4O2. The maximum absolute atomic E-state index is 15.0. The largest absolute Gasteiger partial charge is 0.463 e. The van der Waals surface area contributed by atoms with Crippen molar-refractivity contribution in [3.05, 3.63) is 77.4 Å². The van der Waals surface area contributed by atoms with Crippen molar-refractivity contribution < 1.29 is 13.6 Å². The fraction of sp³-hybridized carbons (Fsp3) is 0.310. The lowest BCUT2D eigenvalue weighted by Gasteiger charge is -2.43. The molecule has 1 saturated heterocycles. The molecule has 2 atom stereocenters. The van der Waals surface area contributed by atoms with Crippen LogP contribution < -0.4 is 10.2 Å². The van der Waals surface area contributed by atoms with Gasteiger partial charge in [-0.05, 0) is 70.6 Å². The summed E-state index contributed by atoms with van der Waals surface area (Å²) in [6, 6.07) is 15.4. The molecule has 1 amide bonds. The van der Waals surface area contributed by atoms with Gasteiger partial charge in [0.15, 0.2) is 0 Å². The number of carbonyl (C=O) groups excluding carboxylic acids is 1. The Morgan fingerprint density at radius 1 is 1.08 bits per heavy atom. The van der Waals surface area contributed by atoms with Crippen LogP contribution in [-0.4, -0.2) is 48.0 Å². The number of amides is 1. The van der Waals surface area contributed by atoms with Crippen LogP contribution in [0.1, 0.15) is 35.5 Å². The van der Waals surface area contributed by atoms with Crippen molar-refractivity contribution in [2.45, 2.75) is 39.8 Å². The maximum atomic E-state index is 15.0. The summed E-state index contributed by atoms with van der Waals surface area (Å²) in [7, 11) is 2.09. The highest BCUT2D eigenvalue weighted by Gasteiger charge is 2.29. The number of rotatable bonds is 4. The maximum Gasteiger partial charge on any atom is 0.259 e. The highest BCUT2D eigenvalue weighted by atomic mass is 19.1. The minimum absolute atomic E-state index is 0.289. The third-order valence-electron chi connectivity index (χ3n) is 7.24. The highest BCUT2D eigenvalue weighted by molar-refractivity contribution is 6.12. The van der Waals surface area contributed by atoms with Crippen LogP contribution in [0.2, 0.25) is 0 Å². The molecule has 0 saturated carbocycles. The van der Waals surface area contributed by atoms with Crippen LogP contribution in [0, 0.1) is 19.7 Å². The molecule has 2 aromatic carbocycles. The number of nitrogens with zero attached hydrogens (tertiary/aromatic N) is 3. The van der Waals surface area contributed by atoms with Gasteiger partial charge in [-0.25, -0.2) is 4.39 Å². The number of aromatic nitrogens is 1. The van der Waals surface area contributed by atoms with Crippen molar-refractivity contribution in [2.75, 3.05) is 30.4 Å². The Balaban J connectivity index is 1.41. The van der Waals surface area contributed by atoms with Crippen molar-refractivity contribution in [2.24, 2.45) is 0 Å². The first-order chi connectivity index (χ1) is 17.2. The summed E-state index contributed by atoms with van der Waals surface area (Å²) in [6.07, 6.45) is 1.40. The van der Waals surface area contributed by atoms with Gasteiger partial charge in [0, 0.05) is 53.6 Å². The molecule has 0 unspecified atom stereocenters. The Bertz CT molecular complexity index is 1430. The van der Waals surface area contributed by atoms with E-state index in [9.17, 15) is 4.79 Å². The van der Waals surface area contributed by atoms with E-state index in [1.54, 1.807) is 6.07 Å². The Morgan fingerprint density at radius 2 is 1.83 bits per heavy atom. The SMILES string of the molecule is Cc1cccc(-c2ccc(NC(=O)c3coc4cc(F)c(N5C[C@@H](C)N(C)[C@@H](C)C5)cc34)cc2C)n1. The molecular weight excluding hydrogens is 455 g/mol. The first kappa shape index (κ1) is 24.0. The van der Waals surface area contributed by atoms with E-state index in [0.717, 1.165) is 22.5 Å². The van der Waals surface area contributed by atoms with Gasteiger partial charge in [0.1, 0.15) is 17.7 Å². The van der Waals surface area contributed by atoms with Crippen LogP contribution in [0.4, 0.5) is 15.8 Å². The summed E-state index contributed by atoms with van der Waals surface area (Å²) >= 11 is 0. The normalized spacial score (nSPS) is 18.6. The minimum atomic E-state index is -0.344. The summed E-state index contributed by atoms with van der Waals surface area (Å²) in [6.45, 7) is 9.66. The number of furan rings is 1. The zero-order chi connectivity index (χ0) is 25.6. The molecule has 0 aliphatic carbocycles. The molecule has 5 rings (SSSR count). The van der Waals surface area contributed by atoms with Gasteiger partial charge in [-0.1, -0.05) is 12.1 Å². The van der Waals surface area contributed by atoms with Crippen molar-refractivity contribution in [3.63, 3.8) is 0 Å². The summed E-state index contributed by atoms with van der Waals surface area (Å²) in [5.74, 6) is -0.643. The number of hydrogen-bond acceptors (Lipinski definition) is 5. The van der Waals surface area contributed by atoms with E-state index in [1.807, 2.05) is 50.2 Å². The second-order valence-electron chi connectivity index (χ2n) is 9.87. The van der Waals surface area contributed by atoms with Gasteiger partial charge in [-0.15, -0.1) is 0 Å². The Hall–Kier alpha value is -3.71. The average Bonchev–Trinajstić information content (AvgIpc) is 3.24. The van der Waals surface area contributed by atoms with Crippen LogP contribution in [0.5, 0.6) is 0 Å². The van der Waals surface area contributed by atoms with Gasteiger partial charge < -0.3 is 14.6 Å². The molecule has 186 valence electrons. The lowest BCUT2D eigenvalue weighted by molar-refractivity contribution is 0.102. The standard InChI is InChI=1S/C29H31FN4O2/c1-17-11-21(9-10-22(17)26-8-6-7-18(2)31-26)32-29(35)24-16-36-28-13-25(30)27(12-23(24)28)34-14-19(3)33(5)20(4)15-34/h6-13,16,19-20H,14-15H2,1-5H3,(H,32,35)/t19-,20+. The second kappa shape index (κ2) is 9.39. The molecule has 1 aliphatic rings. The topological polar surface area (TPSA) is 61.6 Å². The Labute approximate surface area is 210 Å². The third-order valence-corrected chi connectivity index (χ3v) is 7.24. The van der Waals surface area contributed by atoms with Crippen LogP contribution >= 0.6 is 0 Å². The number of aryl methyl sites for hydroxylation is 2. The Morgan fingerprint density at radius 3 is 2.53 bits per heavy atom. The van der Waals surface area contributed by atoms with E-state index < -0.39 is 0 Å². The quantitative estimate of drug-likeness (QED) is 0.382. The zero-order valence-corrected chi connectivity index (χ0v) is 21.3. The van der Waals surface area contributed by atoms with Crippen LogP contribution in [0.25, 0.3) is 22.2 Å². The number of nitrogens with one attached hydrogen (secondary N) is 1. The monoisotopic (exact) mass is 486 g/mol. The molecule has 7 heteroatoms. The van der Waals surface area contributed by atoms with Gasteiger partial charge in [-0.2, -0.15) is 0 Å². The molecule has 0 radical (unpaired) electrons. The summed E-state index contributed by atoms with van der Waals surface area (Å²) in [5, 5.41) is 3.57. The van der Waals surface area contributed by atoms with Gasteiger partial charge in [0.2, 0.25) is 0 Å². The number of fused-ring (bicyclic) bond motifs is 1. The van der Waals surface area contributed by atoms with E-state index in [0.29, 0.717) is 41.0 Å². The van der Waals surface area contributed by atoms with Crippen LogP contribution in [-0.2, 0) is 0 Å². The van der Waals surface area contributed by atoms with E-state index in [-0.39, 0.29) is 23.8 Å². The smallest absolute Gasteiger partial charge is 0.259 e. The number of pyridine rings is 1. The van der Waals surface area contributed by atoms with Gasteiger partial charge in [0.25, 0.3) is 5.91 Å². The summed E-state index contributed by atoms with van der Waals surface area (Å²) < 4.78 is 20.6. The lowest BCUT2D eigenvalue weighted by Crippen LogP contribution is -2.55. The summed E-state index contributed by atoms with van der Waals surface area (Å²) in [4.78, 5) is 22.2. The van der Waals surface area contributed by atoms with E-state index in [1.165, 1.54) is 12.3 Å². The minimum Gasteiger partial charge on any atom is -0.463 e. The number of hydrogen-bond donors (Lipinski definition) is 1. The number of likely N-dealkylation sites (N-methyl/N-ethyl adjacent to an activating group) is 1. The summed E-state index contributed by atoms with van der Waals surface area (Å²) in [5.41, 5.74) is 5.77. The second-order valence-corrected chi connectivity index (χ2v) is 9.87. The number of piperazine rings is 1. The van der Waals surface area contributed by atoms with Crippen molar-refractivity contribution in [1.82, 2.24) is 9.88 Å². The first-order valence-corrected chi connectivity index (χ1v) is 12.2. The predicted octanol–water partition coefficient (Wildman–Crippen LogP) is 6.03. The van der Waals surface area contributed by atoms with Gasteiger partial charge in [-0.3, -0.25) is 14.7 Å². The van der Waals surface area contributed by atoms with Crippen molar-refractivity contribution in [1.29, 1.82) is 0 Å². The van der Waals surface area contributed by atoms with E-state index >= 15 is 4.39 Å². The predicted molar refractivity (Wildman–Crippen MR) is 142 cm³/mol. The molecule has 2 aromatic heterocycles. The molecule has 6 nitrogen and oxygen atoms in total.